The van der Waals surface area contributed by atoms with E-state index in [4.69, 9.17) is 0 Å². The maximum Gasteiger partial charge on any atom is 0.244 e. The third-order valence-electron chi connectivity index (χ3n) is 4.77. The fourth-order valence-electron chi connectivity index (χ4n) is 3.02. The number of benzene rings is 2. The third kappa shape index (κ3) is 3.48. The lowest BCUT2D eigenvalue weighted by Crippen LogP contribution is -2.19. The summed E-state index contributed by atoms with van der Waals surface area (Å²) in [6.07, 6.45) is 2.06. The molecule has 3 rings (SSSR count). The molecule has 25 heavy (non-hydrogen) atoms. The number of rotatable bonds is 4. The molecule has 0 aliphatic carbocycles. The highest BCUT2D eigenvalue weighted by atomic mass is 16.2. The molecule has 4 nitrogen and oxygen atoms in total. The van der Waals surface area contributed by atoms with E-state index in [1.807, 2.05) is 37.4 Å². The monoisotopic (exact) mass is 333 g/mol. The first-order chi connectivity index (χ1) is 12.0. The molecule has 0 bridgehead atoms. The van der Waals surface area contributed by atoms with E-state index in [9.17, 15) is 4.79 Å². The molecule has 0 aliphatic heterocycles. The molecule has 128 valence electrons. The molecule has 0 aliphatic rings. The van der Waals surface area contributed by atoms with Gasteiger partial charge in [-0.1, -0.05) is 36.4 Å². The minimum atomic E-state index is -0.114. The number of nitrogens with one attached hydrogen (secondary N) is 1. The molecular formula is C21H23N3O. The Kier molecular flexibility index (Phi) is 4.70. The van der Waals surface area contributed by atoms with Crippen LogP contribution in [0, 0.1) is 20.8 Å². The fourth-order valence-corrected chi connectivity index (χ4v) is 3.02. The SMILES string of the molecule is Cc1ccc(CC(=O)NN=Cc2c(C)n(C)c3ccccc23)cc1C. The summed E-state index contributed by atoms with van der Waals surface area (Å²) in [6, 6.07) is 14.3. The third-order valence-corrected chi connectivity index (χ3v) is 4.77. The minimum absolute atomic E-state index is 0.114. The van der Waals surface area contributed by atoms with Gasteiger partial charge in [0.15, 0.2) is 0 Å². The van der Waals surface area contributed by atoms with Gasteiger partial charge in [-0.2, -0.15) is 5.10 Å². The van der Waals surface area contributed by atoms with Crippen LogP contribution in [0.15, 0.2) is 47.6 Å². The highest BCUT2D eigenvalue weighted by molar-refractivity contribution is 6.01. The first-order valence-corrected chi connectivity index (χ1v) is 8.39. The van der Waals surface area contributed by atoms with E-state index in [2.05, 4.69) is 48.0 Å². The Morgan fingerprint density at radius 1 is 1.12 bits per heavy atom. The van der Waals surface area contributed by atoms with E-state index in [0.29, 0.717) is 6.42 Å². The quantitative estimate of drug-likeness (QED) is 0.573. The van der Waals surface area contributed by atoms with Gasteiger partial charge in [-0.3, -0.25) is 4.79 Å². The topological polar surface area (TPSA) is 46.4 Å². The summed E-state index contributed by atoms with van der Waals surface area (Å²) in [6.45, 7) is 6.17. The van der Waals surface area contributed by atoms with Gasteiger partial charge in [0.05, 0.1) is 12.6 Å². The van der Waals surface area contributed by atoms with Crippen LogP contribution in [0.2, 0.25) is 0 Å². The number of hydrogen-bond acceptors (Lipinski definition) is 2. The smallest absolute Gasteiger partial charge is 0.244 e. The Bertz CT molecular complexity index is 967. The zero-order valence-corrected chi connectivity index (χ0v) is 15.1. The van der Waals surface area contributed by atoms with Crippen LogP contribution in [0.4, 0.5) is 0 Å². The Morgan fingerprint density at radius 2 is 1.88 bits per heavy atom. The number of nitrogens with zero attached hydrogens (tertiary/aromatic N) is 2. The lowest BCUT2D eigenvalue weighted by Gasteiger charge is -2.04. The maximum absolute atomic E-state index is 12.1. The normalized spacial score (nSPS) is 11.4. The standard InChI is InChI=1S/C21H23N3O/c1-14-9-10-17(11-15(14)2)12-21(25)23-22-13-19-16(3)24(4)20-8-6-5-7-18(19)20/h5-11,13H,12H2,1-4H3,(H,23,25). The zero-order valence-electron chi connectivity index (χ0n) is 15.1. The van der Waals surface area contributed by atoms with Crippen LogP contribution in [0.3, 0.4) is 0 Å². The number of fused-ring (bicyclic) bond motifs is 1. The van der Waals surface area contributed by atoms with E-state index in [1.54, 1.807) is 6.21 Å². The Hall–Kier alpha value is -2.88. The summed E-state index contributed by atoms with van der Waals surface area (Å²) < 4.78 is 2.13. The maximum atomic E-state index is 12.1. The summed E-state index contributed by atoms with van der Waals surface area (Å²) in [5.74, 6) is -0.114. The van der Waals surface area contributed by atoms with Crippen molar-refractivity contribution in [2.75, 3.05) is 0 Å². The zero-order chi connectivity index (χ0) is 18.0. The molecular weight excluding hydrogens is 310 g/mol. The van der Waals surface area contributed by atoms with Gasteiger partial charge < -0.3 is 4.57 Å². The number of hydrazone groups is 1. The van der Waals surface area contributed by atoms with E-state index < -0.39 is 0 Å². The molecule has 0 radical (unpaired) electrons. The first-order valence-electron chi connectivity index (χ1n) is 8.39. The van der Waals surface area contributed by atoms with Crippen LogP contribution in [0.1, 0.15) is 27.9 Å². The number of para-hydroxylation sites is 1. The lowest BCUT2D eigenvalue weighted by molar-refractivity contribution is -0.120. The minimum Gasteiger partial charge on any atom is -0.347 e. The molecule has 3 aromatic rings. The second-order valence-electron chi connectivity index (χ2n) is 6.46. The van der Waals surface area contributed by atoms with Gasteiger partial charge in [0.2, 0.25) is 5.91 Å². The highest BCUT2D eigenvalue weighted by Gasteiger charge is 2.09. The fraction of sp³-hybridized carbons (Fsp3) is 0.238. The summed E-state index contributed by atoms with van der Waals surface area (Å²) >= 11 is 0. The number of amides is 1. The summed E-state index contributed by atoms with van der Waals surface area (Å²) in [4.78, 5) is 12.1. The predicted octanol–water partition coefficient (Wildman–Crippen LogP) is 3.80. The molecule has 2 aromatic carbocycles. The van der Waals surface area contributed by atoms with Gasteiger partial charge in [0.25, 0.3) is 0 Å². The van der Waals surface area contributed by atoms with Gasteiger partial charge in [0, 0.05) is 29.2 Å². The Balaban J connectivity index is 1.72. The molecule has 4 heteroatoms. The summed E-state index contributed by atoms with van der Waals surface area (Å²) in [7, 11) is 2.04. The molecule has 1 aromatic heterocycles. The van der Waals surface area contributed by atoms with E-state index in [-0.39, 0.29) is 5.91 Å². The Labute approximate surface area is 148 Å². The largest absolute Gasteiger partial charge is 0.347 e. The van der Waals surface area contributed by atoms with Crippen molar-refractivity contribution in [3.63, 3.8) is 0 Å². The van der Waals surface area contributed by atoms with Crippen LogP contribution >= 0.6 is 0 Å². The average Bonchev–Trinajstić information content (AvgIpc) is 2.83. The van der Waals surface area contributed by atoms with Crippen molar-refractivity contribution in [1.29, 1.82) is 0 Å². The van der Waals surface area contributed by atoms with E-state index in [0.717, 1.165) is 27.7 Å². The Morgan fingerprint density at radius 3 is 2.64 bits per heavy atom. The van der Waals surface area contributed by atoms with Crippen molar-refractivity contribution in [2.45, 2.75) is 27.2 Å². The van der Waals surface area contributed by atoms with E-state index >= 15 is 0 Å². The molecule has 0 fully saturated rings. The first kappa shape index (κ1) is 17.0. The van der Waals surface area contributed by atoms with Crippen LogP contribution in [0.25, 0.3) is 10.9 Å². The molecule has 0 saturated carbocycles. The molecule has 1 heterocycles. The van der Waals surface area contributed by atoms with Crippen molar-refractivity contribution in [3.05, 3.63) is 70.4 Å². The summed E-state index contributed by atoms with van der Waals surface area (Å²) in [5, 5.41) is 5.30. The second-order valence-corrected chi connectivity index (χ2v) is 6.46. The van der Waals surface area contributed by atoms with Gasteiger partial charge in [-0.25, -0.2) is 5.43 Å². The van der Waals surface area contributed by atoms with Gasteiger partial charge in [-0.05, 0) is 43.5 Å². The molecule has 0 atom stereocenters. The number of aryl methyl sites for hydroxylation is 3. The number of aromatic nitrogens is 1. The number of carbonyl (C=O) groups excluding carboxylic acids is 1. The molecule has 0 unspecified atom stereocenters. The van der Waals surface area contributed by atoms with Crippen LogP contribution < -0.4 is 5.43 Å². The molecule has 0 saturated heterocycles. The van der Waals surface area contributed by atoms with Gasteiger partial charge >= 0.3 is 0 Å². The van der Waals surface area contributed by atoms with Crippen molar-refractivity contribution in [3.8, 4) is 0 Å². The molecule has 1 N–H and O–H groups in total. The van der Waals surface area contributed by atoms with Gasteiger partial charge in [-0.15, -0.1) is 0 Å². The molecule has 0 spiro atoms. The van der Waals surface area contributed by atoms with E-state index in [1.165, 1.54) is 11.1 Å². The predicted molar refractivity (Wildman–Crippen MR) is 103 cm³/mol. The van der Waals surface area contributed by atoms with Crippen molar-refractivity contribution in [2.24, 2.45) is 12.1 Å². The van der Waals surface area contributed by atoms with Crippen LogP contribution in [-0.4, -0.2) is 16.7 Å². The molecule has 1 amide bonds. The average molecular weight is 333 g/mol. The second kappa shape index (κ2) is 6.93. The van der Waals surface area contributed by atoms with Crippen molar-refractivity contribution < 1.29 is 4.79 Å². The lowest BCUT2D eigenvalue weighted by atomic mass is 10.0. The van der Waals surface area contributed by atoms with Crippen molar-refractivity contribution >= 4 is 23.0 Å². The number of carbonyl (C=O) groups is 1. The van der Waals surface area contributed by atoms with Crippen molar-refractivity contribution in [1.82, 2.24) is 9.99 Å². The van der Waals surface area contributed by atoms with Crippen LogP contribution in [-0.2, 0) is 18.3 Å². The van der Waals surface area contributed by atoms with Gasteiger partial charge in [0.1, 0.15) is 0 Å². The summed E-state index contributed by atoms with van der Waals surface area (Å²) in [5.41, 5.74) is 9.36. The number of hydrogen-bond donors (Lipinski definition) is 1. The van der Waals surface area contributed by atoms with Crippen LogP contribution in [0.5, 0.6) is 0 Å². The highest BCUT2D eigenvalue weighted by Crippen LogP contribution is 2.22.